The highest BCUT2D eigenvalue weighted by molar-refractivity contribution is 6.35. The molecule has 4 amide bonds. The number of carbonyl (C=O) groups excluding carboxylic acids is 3. The van der Waals surface area contributed by atoms with E-state index in [2.05, 4.69) is 5.32 Å². The first-order valence-electron chi connectivity index (χ1n) is 11.8. The molecule has 9 nitrogen and oxygen atoms in total. The summed E-state index contributed by atoms with van der Waals surface area (Å²) in [6, 6.07) is 12.9. The van der Waals surface area contributed by atoms with Crippen LogP contribution in [0.3, 0.4) is 0 Å². The van der Waals surface area contributed by atoms with E-state index in [0.29, 0.717) is 62.8 Å². The standard InChI is InChI=1S/C26H32N4O5/c1-18-4-6-19(7-5-18)17-29-14-15-30(25(32)24(29)31)21-10-12-28(13-11-21)26(33)27-20-8-9-22(34-2)23(16-20)35-3/h4-9,16,21H,10-15,17H2,1-3H3,(H,27,33). The molecule has 0 aromatic heterocycles. The van der Waals surface area contributed by atoms with Crippen molar-refractivity contribution in [2.45, 2.75) is 32.4 Å². The topological polar surface area (TPSA) is 91.4 Å². The zero-order chi connectivity index (χ0) is 24.9. The summed E-state index contributed by atoms with van der Waals surface area (Å²) in [5.74, 6) is 0.222. The van der Waals surface area contributed by atoms with Crippen molar-refractivity contribution in [3.05, 3.63) is 53.6 Å². The van der Waals surface area contributed by atoms with E-state index in [9.17, 15) is 14.4 Å². The Morgan fingerprint density at radius 1 is 0.914 bits per heavy atom. The SMILES string of the molecule is COc1ccc(NC(=O)N2CCC(N3CCN(Cc4ccc(C)cc4)C(=O)C3=O)CC2)cc1OC. The fraction of sp³-hybridized carbons (Fsp3) is 0.423. The van der Waals surface area contributed by atoms with E-state index < -0.39 is 11.8 Å². The quantitative estimate of drug-likeness (QED) is 0.642. The average Bonchev–Trinajstić information content (AvgIpc) is 2.88. The zero-order valence-electron chi connectivity index (χ0n) is 20.5. The number of benzene rings is 2. The highest BCUT2D eigenvalue weighted by Crippen LogP contribution is 2.30. The number of urea groups is 1. The molecule has 0 bridgehead atoms. The minimum atomic E-state index is -0.453. The third-order valence-corrected chi connectivity index (χ3v) is 6.66. The molecule has 2 fully saturated rings. The Balaban J connectivity index is 1.29. The number of rotatable bonds is 6. The molecule has 35 heavy (non-hydrogen) atoms. The molecule has 0 radical (unpaired) electrons. The van der Waals surface area contributed by atoms with E-state index in [1.807, 2.05) is 31.2 Å². The summed E-state index contributed by atoms with van der Waals surface area (Å²) in [4.78, 5) is 43.4. The number of hydrogen-bond acceptors (Lipinski definition) is 5. The van der Waals surface area contributed by atoms with Gasteiger partial charge in [0.2, 0.25) is 0 Å². The summed E-state index contributed by atoms with van der Waals surface area (Å²) in [6.45, 7) is 4.50. The van der Waals surface area contributed by atoms with E-state index >= 15 is 0 Å². The molecular weight excluding hydrogens is 448 g/mol. The molecule has 4 rings (SSSR count). The Bertz CT molecular complexity index is 1080. The number of likely N-dealkylation sites (tertiary alicyclic amines) is 1. The minimum absolute atomic E-state index is 0.0434. The monoisotopic (exact) mass is 480 g/mol. The largest absolute Gasteiger partial charge is 0.493 e. The van der Waals surface area contributed by atoms with Crippen molar-refractivity contribution in [3.63, 3.8) is 0 Å². The smallest absolute Gasteiger partial charge is 0.321 e. The van der Waals surface area contributed by atoms with Gasteiger partial charge >= 0.3 is 17.8 Å². The summed E-state index contributed by atoms with van der Waals surface area (Å²) in [5.41, 5.74) is 2.78. The van der Waals surface area contributed by atoms with Gasteiger partial charge in [-0.25, -0.2) is 4.79 Å². The van der Waals surface area contributed by atoms with Gasteiger partial charge in [0, 0.05) is 50.5 Å². The van der Waals surface area contributed by atoms with Crippen molar-refractivity contribution < 1.29 is 23.9 Å². The number of aryl methyl sites for hydroxylation is 1. The summed E-state index contributed by atoms with van der Waals surface area (Å²) in [6.07, 6.45) is 1.27. The molecule has 0 unspecified atom stereocenters. The van der Waals surface area contributed by atoms with Gasteiger partial charge in [0.05, 0.1) is 14.2 Å². The molecule has 2 heterocycles. The van der Waals surface area contributed by atoms with Crippen molar-refractivity contribution in [2.24, 2.45) is 0 Å². The summed E-state index contributed by atoms with van der Waals surface area (Å²) >= 11 is 0. The normalized spacial score (nSPS) is 16.9. The lowest BCUT2D eigenvalue weighted by molar-refractivity contribution is -0.158. The number of methoxy groups -OCH3 is 2. The van der Waals surface area contributed by atoms with Gasteiger partial charge in [-0.1, -0.05) is 29.8 Å². The number of hydrogen-bond donors (Lipinski definition) is 1. The molecule has 9 heteroatoms. The molecule has 186 valence electrons. The van der Waals surface area contributed by atoms with Crippen LogP contribution >= 0.6 is 0 Å². The van der Waals surface area contributed by atoms with E-state index in [1.54, 1.807) is 47.1 Å². The lowest BCUT2D eigenvalue weighted by atomic mass is 10.0. The maximum atomic E-state index is 12.9. The fourth-order valence-electron chi connectivity index (χ4n) is 4.60. The number of amides is 4. The Morgan fingerprint density at radius 3 is 2.26 bits per heavy atom. The predicted molar refractivity (Wildman–Crippen MR) is 131 cm³/mol. The number of anilines is 1. The highest BCUT2D eigenvalue weighted by Gasteiger charge is 2.38. The molecule has 0 aliphatic carbocycles. The van der Waals surface area contributed by atoms with Crippen LogP contribution in [0.5, 0.6) is 11.5 Å². The molecule has 1 N–H and O–H groups in total. The Kier molecular flexibility index (Phi) is 7.43. The predicted octanol–water partition coefficient (Wildman–Crippen LogP) is 2.88. The van der Waals surface area contributed by atoms with Crippen molar-refractivity contribution in [1.82, 2.24) is 14.7 Å². The fourth-order valence-corrected chi connectivity index (χ4v) is 4.60. The highest BCUT2D eigenvalue weighted by atomic mass is 16.5. The molecule has 2 aliphatic heterocycles. The van der Waals surface area contributed by atoms with E-state index in [-0.39, 0.29) is 12.1 Å². The van der Waals surface area contributed by atoms with Crippen LogP contribution in [0.25, 0.3) is 0 Å². The van der Waals surface area contributed by atoms with Crippen LogP contribution in [0.2, 0.25) is 0 Å². The number of nitrogens with one attached hydrogen (secondary N) is 1. The molecule has 2 aromatic rings. The van der Waals surface area contributed by atoms with Gasteiger partial charge in [-0.15, -0.1) is 0 Å². The Labute approximate surface area is 205 Å². The second kappa shape index (κ2) is 10.7. The third-order valence-electron chi connectivity index (χ3n) is 6.66. The van der Waals surface area contributed by atoms with Crippen LogP contribution in [-0.4, -0.2) is 79.0 Å². The minimum Gasteiger partial charge on any atom is -0.493 e. The van der Waals surface area contributed by atoms with Crippen LogP contribution in [0.15, 0.2) is 42.5 Å². The number of ether oxygens (including phenoxy) is 2. The van der Waals surface area contributed by atoms with Crippen LogP contribution in [-0.2, 0) is 16.1 Å². The number of piperazine rings is 1. The van der Waals surface area contributed by atoms with Gasteiger partial charge in [-0.2, -0.15) is 0 Å². The molecular formula is C26H32N4O5. The van der Waals surface area contributed by atoms with Crippen molar-refractivity contribution >= 4 is 23.5 Å². The molecule has 2 aromatic carbocycles. The second-order valence-electron chi connectivity index (χ2n) is 8.93. The van der Waals surface area contributed by atoms with Gasteiger partial charge in [-0.3, -0.25) is 9.59 Å². The number of nitrogens with zero attached hydrogens (tertiary/aromatic N) is 3. The van der Waals surface area contributed by atoms with E-state index in [4.69, 9.17) is 9.47 Å². The lowest BCUT2D eigenvalue weighted by Crippen LogP contribution is -2.59. The van der Waals surface area contributed by atoms with E-state index in [1.165, 1.54) is 0 Å². The second-order valence-corrected chi connectivity index (χ2v) is 8.93. The van der Waals surface area contributed by atoms with Crippen LogP contribution in [0, 0.1) is 6.92 Å². The van der Waals surface area contributed by atoms with Crippen LogP contribution < -0.4 is 14.8 Å². The van der Waals surface area contributed by atoms with E-state index in [0.717, 1.165) is 11.1 Å². The lowest BCUT2D eigenvalue weighted by Gasteiger charge is -2.42. The van der Waals surface area contributed by atoms with Gasteiger partial charge in [0.15, 0.2) is 11.5 Å². The first-order valence-corrected chi connectivity index (χ1v) is 11.8. The molecule has 2 aliphatic rings. The first kappa shape index (κ1) is 24.4. The molecule has 0 spiro atoms. The Morgan fingerprint density at radius 2 is 1.60 bits per heavy atom. The first-order chi connectivity index (χ1) is 16.9. The van der Waals surface area contributed by atoms with Crippen molar-refractivity contribution in [3.8, 4) is 11.5 Å². The maximum Gasteiger partial charge on any atom is 0.321 e. The van der Waals surface area contributed by atoms with Crippen molar-refractivity contribution in [2.75, 3.05) is 45.7 Å². The summed E-state index contributed by atoms with van der Waals surface area (Å²) in [7, 11) is 3.10. The zero-order valence-corrected chi connectivity index (χ0v) is 20.5. The maximum absolute atomic E-state index is 12.9. The molecule has 0 saturated carbocycles. The van der Waals surface area contributed by atoms with Gasteiger partial charge < -0.3 is 29.5 Å². The van der Waals surface area contributed by atoms with Crippen LogP contribution in [0.4, 0.5) is 10.5 Å². The van der Waals surface area contributed by atoms with Crippen molar-refractivity contribution in [1.29, 1.82) is 0 Å². The van der Waals surface area contributed by atoms with Gasteiger partial charge in [0.25, 0.3) is 0 Å². The molecule has 2 saturated heterocycles. The number of carbonyl (C=O) groups is 3. The van der Waals surface area contributed by atoms with Gasteiger partial charge in [-0.05, 0) is 37.5 Å². The average molecular weight is 481 g/mol. The summed E-state index contributed by atoms with van der Waals surface area (Å²) in [5, 5.41) is 2.89. The van der Waals surface area contributed by atoms with Gasteiger partial charge in [0.1, 0.15) is 0 Å². The third kappa shape index (κ3) is 5.50. The Hall–Kier alpha value is -3.75. The molecule has 0 atom stereocenters. The summed E-state index contributed by atoms with van der Waals surface area (Å²) < 4.78 is 10.5. The number of piperidine rings is 1. The van der Waals surface area contributed by atoms with Crippen LogP contribution in [0.1, 0.15) is 24.0 Å².